The van der Waals surface area contributed by atoms with Crippen molar-refractivity contribution in [1.82, 2.24) is 10.2 Å². The van der Waals surface area contributed by atoms with Crippen LogP contribution in [-0.4, -0.2) is 48.2 Å². The smallest absolute Gasteiger partial charge is 0.194 e. The molecule has 2 N–H and O–H groups in total. The molecule has 1 heterocycles. The number of ether oxygens (including phenoxy) is 1. The first-order valence-corrected chi connectivity index (χ1v) is 9.71. The SMILES string of the molecule is CCNC(=NCCc1ccc(OCc2ccccc2)cc1)N1CC[C@@H](O)C1. The minimum Gasteiger partial charge on any atom is -0.489 e. The van der Waals surface area contributed by atoms with Gasteiger partial charge in [-0.25, -0.2) is 0 Å². The Balaban J connectivity index is 1.48. The Hall–Kier alpha value is -2.53. The highest BCUT2D eigenvalue weighted by molar-refractivity contribution is 5.80. The molecule has 1 aliphatic rings. The van der Waals surface area contributed by atoms with Gasteiger partial charge in [0.25, 0.3) is 0 Å². The van der Waals surface area contributed by atoms with Crippen molar-refractivity contribution >= 4 is 5.96 Å². The van der Waals surface area contributed by atoms with E-state index in [9.17, 15) is 5.11 Å². The van der Waals surface area contributed by atoms with E-state index in [2.05, 4.69) is 41.4 Å². The van der Waals surface area contributed by atoms with Gasteiger partial charge in [0, 0.05) is 26.2 Å². The van der Waals surface area contributed by atoms with Crippen LogP contribution in [0.4, 0.5) is 0 Å². The Morgan fingerprint density at radius 3 is 2.59 bits per heavy atom. The lowest BCUT2D eigenvalue weighted by molar-refractivity contribution is 0.188. The molecule has 27 heavy (non-hydrogen) atoms. The van der Waals surface area contributed by atoms with Gasteiger partial charge < -0.3 is 20.1 Å². The molecule has 2 aromatic carbocycles. The number of rotatable bonds is 7. The molecule has 0 saturated carbocycles. The highest BCUT2D eigenvalue weighted by Crippen LogP contribution is 2.15. The third-order valence-corrected chi connectivity index (χ3v) is 4.63. The van der Waals surface area contributed by atoms with Crippen molar-refractivity contribution in [1.29, 1.82) is 0 Å². The normalized spacial score (nSPS) is 17.2. The summed E-state index contributed by atoms with van der Waals surface area (Å²) < 4.78 is 5.83. The molecule has 5 heteroatoms. The first kappa shape index (κ1) is 19.2. The third kappa shape index (κ3) is 6.00. The van der Waals surface area contributed by atoms with Crippen LogP contribution < -0.4 is 10.1 Å². The van der Waals surface area contributed by atoms with Gasteiger partial charge in [-0.05, 0) is 43.0 Å². The first-order chi connectivity index (χ1) is 13.2. The number of β-amino-alcohol motifs (C(OH)–C–C–N with tert-alkyl or cyclic N) is 1. The molecule has 0 unspecified atom stereocenters. The lowest BCUT2D eigenvalue weighted by atomic mass is 10.1. The highest BCUT2D eigenvalue weighted by atomic mass is 16.5. The summed E-state index contributed by atoms with van der Waals surface area (Å²) in [5.41, 5.74) is 2.40. The Kier molecular flexibility index (Phi) is 7.11. The molecule has 2 aromatic rings. The van der Waals surface area contributed by atoms with Crippen LogP contribution in [0.15, 0.2) is 59.6 Å². The third-order valence-electron chi connectivity index (χ3n) is 4.63. The molecule has 0 amide bonds. The summed E-state index contributed by atoms with van der Waals surface area (Å²) in [5.74, 6) is 1.78. The molecule has 1 aliphatic heterocycles. The summed E-state index contributed by atoms with van der Waals surface area (Å²) in [5, 5.41) is 13.0. The predicted octanol–water partition coefficient (Wildman–Crippen LogP) is 2.84. The number of guanidine groups is 1. The Morgan fingerprint density at radius 2 is 1.93 bits per heavy atom. The van der Waals surface area contributed by atoms with E-state index in [1.165, 1.54) is 11.1 Å². The fraction of sp³-hybridized carbons (Fsp3) is 0.409. The molecule has 1 atom stereocenters. The van der Waals surface area contributed by atoms with Crippen molar-refractivity contribution in [2.24, 2.45) is 4.99 Å². The second-order valence-electron chi connectivity index (χ2n) is 6.79. The maximum atomic E-state index is 9.73. The molecule has 3 rings (SSSR count). The predicted molar refractivity (Wildman–Crippen MR) is 109 cm³/mol. The number of nitrogens with zero attached hydrogens (tertiary/aromatic N) is 2. The number of aliphatic hydroxyl groups excluding tert-OH is 1. The van der Waals surface area contributed by atoms with E-state index in [4.69, 9.17) is 9.73 Å². The minimum absolute atomic E-state index is 0.239. The molecule has 0 aliphatic carbocycles. The van der Waals surface area contributed by atoms with Crippen LogP contribution in [0.25, 0.3) is 0 Å². The largest absolute Gasteiger partial charge is 0.489 e. The summed E-state index contributed by atoms with van der Waals surface area (Å²) >= 11 is 0. The van der Waals surface area contributed by atoms with Gasteiger partial charge in [0.1, 0.15) is 12.4 Å². The number of aliphatic imine (C=N–C) groups is 1. The van der Waals surface area contributed by atoms with Crippen molar-refractivity contribution < 1.29 is 9.84 Å². The van der Waals surface area contributed by atoms with Gasteiger partial charge >= 0.3 is 0 Å². The van der Waals surface area contributed by atoms with Crippen molar-refractivity contribution in [2.45, 2.75) is 32.5 Å². The summed E-state index contributed by atoms with van der Waals surface area (Å²) in [7, 11) is 0. The van der Waals surface area contributed by atoms with Gasteiger partial charge in [0.05, 0.1) is 6.10 Å². The van der Waals surface area contributed by atoms with Crippen LogP contribution in [0.3, 0.4) is 0 Å². The zero-order chi connectivity index (χ0) is 18.9. The Morgan fingerprint density at radius 1 is 1.15 bits per heavy atom. The van der Waals surface area contributed by atoms with Crippen LogP contribution in [0.2, 0.25) is 0 Å². The fourth-order valence-corrected chi connectivity index (χ4v) is 3.14. The standard InChI is InChI=1S/C22H29N3O2/c1-2-23-22(25-15-13-20(26)16-25)24-14-12-18-8-10-21(11-9-18)27-17-19-6-4-3-5-7-19/h3-11,20,26H,2,12-17H2,1H3,(H,23,24)/t20-/m1/s1. The number of aliphatic hydroxyl groups is 1. The fourth-order valence-electron chi connectivity index (χ4n) is 3.14. The van der Waals surface area contributed by atoms with E-state index in [0.717, 1.165) is 44.2 Å². The maximum Gasteiger partial charge on any atom is 0.194 e. The zero-order valence-electron chi connectivity index (χ0n) is 16.0. The number of nitrogens with one attached hydrogen (secondary N) is 1. The second kappa shape index (κ2) is 9.97. The Labute approximate surface area is 161 Å². The van der Waals surface area contributed by atoms with Crippen molar-refractivity contribution in [2.75, 3.05) is 26.2 Å². The minimum atomic E-state index is -0.239. The molecule has 1 fully saturated rings. The van der Waals surface area contributed by atoms with Crippen LogP contribution in [0.5, 0.6) is 5.75 Å². The summed E-state index contributed by atoms with van der Waals surface area (Å²) in [6.45, 7) is 5.73. The summed E-state index contributed by atoms with van der Waals surface area (Å²) in [6, 6.07) is 18.4. The molecule has 0 spiro atoms. The van der Waals surface area contributed by atoms with Crippen LogP contribution >= 0.6 is 0 Å². The van der Waals surface area contributed by atoms with Crippen molar-refractivity contribution in [3.05, 3.63) is 65.7 Å². The lowest BCUT2D eigenvalue weighted by Gasteiger charge is -2.20. The molecule has 144 valence electrons. The van der Waals surface area contributed by atoms with Gasteiger partial charge in [-0.2, -0.15) is 0 Å². The number of hydrogen-bond acceptors (Lipinski definition) is 3. The molecule has 0 bridgehead atoms. The van der Waals surface area contributed by atoms with E-state index in [-0.39, 0.29) is 6.10 Å². The van der Waals surface area contributed by atoms with Gasteiger partial charge in [-0.3, -0.25) is 4.99 Å². The van der Waals surface area contributed by atoms with E-state index in [1.807, 2.05) is 30.3 Å². The van der Waals surface area contributed by atoms with Crippen LogP contribution in [0.1, 0.15) is 24.5 Å². The topological polar surface area (TPSA) is 57.1 Å². The maximum absolute atomic E-state index is 9.73. The molecule has 1 saturated heterocycles. The van der Waals surface area contributed by atoms with Crippen LogP contribution in [0, 0.1) is 0 Å². The average Bonchev–Trinajstić information content (AvgIpc) is 3.14. The lowest BCUT2D eigenvalue weighted by Crippen LogP contribution is -2.40. The van der Waals surface area contributed by atoms with Gasteiger partial charge in [0.2, 0.25) is 0 Å². The summed E-state index contributed by atoms with van der Waals surface area (Å²) in [4.78, 5) is 6.85. The van der Waals surface area contributed by atoms with E-state index in [0.29, 0.717) is 13.2 Å². The monoisotopic (exact) mass is 367 g/mol. The summed E-state index contributed by atoms with van der Waals surface area (Å²) in [6.07, 6.45) is 1.45. The highest BCUT2D eigenvalue weighted by Gasteiger charge is 2.22. The van der Waals surface area contributed by atoms with E-state index >= 15 is 0 Å². The second-order valence-corrected chi connectivity index (χ2v) is 6.79. The van der Waals surface area contributed by atoms with Gasteiger partial charge in [0.15, 0.2) is 5.96 Å². The molecule has 0 aromatic heterocycles. The van der Waals surface area contributed by atoms with Crippen molar-refractivity contribution in [3.8, 4) is 5.75 Å². The zero-order valence-corrected chi connectivity index (χ0v) is 16.0. The number of benzene rings is 2. The van der Waals surface area contributed by atoms with Gasteiger partial charge in [-0.1, -0.05) is 42.5 Å². The molecule has 0 radical (unpaired) electrons. The van der Waals surface area contributed by atoms with Crippen LogP contribution in [-0.2, 0) is 13.0 Å². The number of hydrogen-bond donors (Lipinski definition) is 2. The Bertz CT molecular complexity index is 716. The molecular formula is C22H29N3O2. The average molecular weight is 367 g/mol. The quantitative estimate of drug-likeness (QED) is 0.584. The van der Waals surface area contributed by atoms with E-state index in [1.54, 1.807) is 0 Å². The number of likely N-dealkylation sites (tertiary alicyclic amines) is 1. The van der Waals surface area contributed by atoms with E-state index < -0.39 is 0 Å². The van der Waals surface area contributed by atoms with Crippen molar-refractivity contribution in [3.63, 3.8) is 0 Å². The van der Waals surface area contributed by atoms with Gasteiger partial charge in [-0.15, -0.1) is 0 Å². The molecule has 5 nitrogen and oxygen atoms in total. The molecular weight excluding hydrogens is 338 g/mol. The first-order valence-electron chi connectivity index (χ1n) is 9.71.